The van der Waals surface area contributed by atoms with Gasteiger partial charge in [0.25, 0.3) is 0 Å². The number of aryl methyl sites for hydroxylation is 2. The quantitative estimate of drug-likeness (QED) is 0.268. The molecule has 4 heterocycles. The van der Waals surface area contributed by atoms with E-state index in [-0.39, 0.29) is 6.04 Å². The van der Waals surface area contributed by atoms with Crippen LogP contribution < -0.4 is 0 Å². The fourth-order valence-corrected chi connectivity index (χ4v) is 5.01. The average molecular weight is 482 g/mol. The Balaban J connectivity index is 1.65. The van der Waals surface area contributed by atoms with E-state index in [4.69, 9.17) is 9.51 Å². The monoisotopic (exact) mass is 481 g/mol. The van der Waals surface area contributed by atoms with E-state index in [0.717, 1.165) is 55.9 Å². The van der Waals surface area contributed by atoms with Crippen molar-refractivity contribution in [2.75, 3.05) is 0 Å². The molecule has 37 heavy (non-hydrogen) atoms. The summed E-state index contributed by atoms with van der Waals surface area (Å²) in [6, 6.07) is 28.5. The maximum Gasteiger partial charge on any atom is 0.141 e. The summed E-state index contributed by atoms with van der Waals surface area (Å²) in [5.74, 6) is 0.788. The lowest BCUT2D eigenvalue weighted by atomic mass is 10.00. The lowest BCUT2D eigenvalue weighted by molar-refractivity contribution is 0.393. The zero-order valence-electron chi connectivity index (χ0n) is 20.5. The van der Waals surface area contributed by atoms with Crippen LogP contribution in [0.4, 0.5) is 0 Å². The maximum absolute atomic E-state index is 9.23. The Bertz CT molecular complexity index is 1680. The first kappa shape index (κ1) is 22.4. The molecule has 178 valence electrons. The third-order valence-electron chi connectivity index (χ3n) is 6.71. The van der Waals surface area contributed by atoms with Gasteiger partial charge in [0.2, 0.25) is 0 Å². The van der Waals surface area contributed by atoms with Crippen molar-refractivity contribution in [2.24, 2.45) is 0 Å². The van der Waals surface area contributed by atoms with Gasteiger partial charge >= 0.3 is 0 Å². The molecule has 2 aromatic carbocycles. The number of nitrogens with zero attached hydrogens (tertiary/aromatic N) is 5. The molecule has 1 atom stereocenters. The molecular weight excluding hydrogens is 458 g/mol. The van der Waals surface area contributed by atoms with E-state index >= 15 is 0 Å². The van der Waals surface area contributed by atoms with Gasteiger partial charge in [0.1, 0.15) is 23.6 Å². The third-order valence-corrected chi connectivity index (χ3v) is 6.71. The normalized spacial score (nSPS) is 11.9. The van der Waals surface area contributed by atoms with Gasteiger partial charge in [-0.1, -0.05) is 53.7 Å². The van der Waals surface area contributed by atoms with Gasteiger partial charge in [-0.25, -0.2) is 4.98 Å². The molecule has 0 saturated heterocycles. The Morgan fingerprint density at radius 2 is 1.70 bits per heavy atom. The van der Waals surface area contributed by atoms with Crippen LogP contribution in [0.15, 0.2) is 102 Å². The molecule has 6 heteroatoms. The molecular formula is C31H23N5O. The molecule has 0 aliphatic rings. The number of benzene rings is 2. The molecule has 0 aliphatic heterocycles. The van der Waals surface area contributed by atoms with Crippen LogP contribution in [0, 0.1) is 25.2 Å². The first-order chi connectivity index (χ1) is 18.1. The fraction of sp³-hybridized carbons (Fsp3) is 0.0968. The Kier molecular flexibility index (Phi) is 5.59. The topological polar surface area (TPSA) is 80.5 Å². The summed E-state index contributed by atoms with van der Waals surface area (Å²) < 4.78 is 7.75. The second-order valence-electron chi connectivity index (χ2n) is 8.99. The SMILES string of the molecule is Cc1noc(C)c1-c1ccc2c(-c3ccc(C#N)nc3)cn(C(c3ccccc3)c3ccccn3)c2c1. The highest BCUT2D eigenvalue weighted by Gasteiger charge is 2.23. The van der Waals surface area contributed by atoms with Crippen molar-refractivity contribution in [2.45, 2.75) is 19.9 Å². The molecule has 0 spiro atoms. The maximum atomic E-state index is 9.23. The zero-order valence-corrected chi connectivity index (χ0v) is 20.5. The van der Waals surface area contributed by atoms with E-state index in [0.29, 0.717) is 5.69 Å². The molecule has 6 aromatic rings. The highest BCUT2D eigenvalue weighted by Crippen LogP contribution is 2.39. The van der Waals surface area contributed by atoms with Crippen molar-refractivity contribution in [3.63, 3.8) is 0 Å². The second-order valence-corrected chi connectivity index (χ2v) is 8.99. The van der Waals surface area contributed by atoms with Crippen molar-refractivity contribution in [3.05, 3.63) is 126 Å². The van der Waals surface area contributed by atoms with Gasteiger partial charge in [-0.15, -0.1) is 0 Å². The number of rotatable bonds is 5. The highest BCUT2D eigenvalue weighted by molar-refractivity contribution is 5.98. The number of aromatic nitrogens is 4. The summed E-state index contributed by atoms with van der Waals surface area (Å²) in [5, 5.41) is 14.5. The van der Waals surface area contributed by atoms with E-state index in [1.807, 2.05) is 44.3 Å². The van der Waals surface area contributed by atoms with Crippen LogP contribution in [0.3, 0.4) is 0 Å². The van der Waals surface area contributed by atoms with Crippen molar-refractivity contribution in [3.8, 4) is 28.3 Å². The Morgan fingerprint density at radius 1 is 0.892 bits per heavy atom. The number of pyridine rings is 2. The molecule has 0 N–H and O–H groups in total. The van der Waals surface area contributed by atoms with Crippen LogP contribution >= 0.6 is 0 Å². The van der Waals surface area contributed by atoms with Gasteiger partial charge in [0, 0.05) is 40.7 Å². The minimum absolute atomic E-state index is 0.148. The molecule has 4 aromatic heterocycles. The second kappa shape index (κ2) is 9.21. The summed E-state index contributed by atoms with van der Waals surface area (Å²) in [7, 11) is 0. The average Bonchev–Trinajstić information content (AvgIpc) is 3.49. The largest absolute Gasteiger partial charge is 0.361 e. The van der Waals surface area contributed by atoms with E-state index in [1.165, 1.54) is 0 Å². The molecule has 1 unspecified atom stereocenters. The van der Waals surface area contributed by atoms with Gasteiger partial charge in [-0.3, -0.25) is 4.98 Å². The van der Waals surface area contributed by atoms with Crippen LogP contribution in [-0.4, -0.2) is 19.7 Å². The third kappa shape index (κ3) is 3.97. The molecule has 0 aliphatic carbocycles. The summed E-state index contributed by atoms with van der Waals surface area (Å²) >= 11 is 0. The standard InChI is InChI=1S/C31H23N5O/c1-20-30(21(2)37-35-20)23-12-14-26-27(24-11-13-25(17-32)34-18-24)19-36(29(26)16-23)31(22-8-4-3-5-9-22)28-10-6-7-15-33-28/h3-16,18-19,31H,1-2H3. The zero-order chi connectivity index (χ0) is 25.4. The van der Waals surface area contributed by atoms with Crippen molar-refractivity contribution in [1.82, 2.24) is 19.7 Å². The molecule has 6 nitrogen and oxygen atoms in total. The minimum atomic E-state index is -0.148. The molecule has 0 saturated carbocycles. The van der Waals surface area contributed by atoms with Gasteiger partial charge < -0.3 is 9.09 Å². The van der Waals surface area contributed by atoms with E-state index in [1.54, 1.807) is 12.3 Å². The number of hydrogen-bond acceptors (Lipinski definition) is 5. The van der Waals surface area contributed by atoms with Gasteiger partial charge in [0.15, 0.2) is 0 Å². The molecule has 0 bridgehead atoms. The van der Waals surface area contributed by atoms with Crippen LogP contribution in [0.1, 0.15) is 34.4 Å². The van der Waals surface area contributed by atoms with Crippen molar-refractivity contribution in [1.29, 1.82) is 5.26 Å². The Morgan fingerprint density at radius 3 is 2.38 bits per heavy atom. The predicted molar refractivity (Wildman–Crippen MR) is 143 cm³/mol. The molecule has 0 radical (unpaired) electrons. The Hall–Kier alpha value is -5.02. The Labute approximate surface area is 214 Å². The van der Waals surface area contributed by atoms with Crippen molar-refractivity contribution < 1.29 is 4.52 Å². The molecule has 0 amide bonds. The van der Waals surface area contributed by atoms with Crippen molar-refractivity contribution >= 4 is 10.9 Å². The van der Waals surface area contributed by atoms with Gasteiger partial charge in [-0.2, -0.15) is 5.26 Å². The van der Waals surface area contributed by atoms with E-state index in [9.17, 15) is 5.26 Å². The minimum Gasteiger partial charge on any atom is -0.361 e. The summed E-state index contributed by atoms with van der Waals surface area (Å²) in [6.45, 7) is 3.90. The smallest absolute Gasteiger partial charge is 0.141 e. The fourth-order valence-electron chi connectivity index (χ4n) is 5.01. The number of nitriles is 1. The van der Waals surface area contributed by atoms with Crippen LogP contribution in [0.5, 0.6) is 0 Å². The first-order valence-electron chi connectivity index (χ1n) is 12.0. The summed E-state index contributed by atoms with van der Waals surface area (Å²) in [4.78, 5) is 9.08. The van der Waals surface area contributed by atoms with Crippen LogP contribution in [0.2, 0.25) is 0 Å². The van der Waals surface area contributed by atoms with Gasteiger partial charge in [-0.05, 0) is 55.3 Å². The number of hydrogen-bond donors (Lipinski definition) is 0. The molecule has 6 rings (SSSR count). The predicted octanol–water partition coefficient (Wildman–Crippen LogP) is 6.88. The number of fused-ring (bicyclic) bond motifs is 1. The lowest BCUT2D eigenvalue weighted by Crippen LogP contribution is -2.12. The molecule has 0 fully saturated rings. The van der Waals surface area contributed by atoms with Crippen LogP contribution in [0.25, 0.3) is 33.2 Å². The van der Waals surface area contributed by atoms with E-state index in [2.05, 4.69) is 75.5 Å². The van der Waals surface area contributed by atoms with Crippen LogP contribution in [-0.2, 0) is 0 Å². The van der Waals surface area contributed by atoms with E-state index < -0.39 is 0 Å². The highest BCUT2D eigenvalue weighted by atomic mass is 16.5. The lowest BCUT2D eigenvalue weighted by Gasteiger charge is -2.21. The first-order valence-corrected chi connectivity index (χ1v) is 12.0. The van der Waals surface area contributed by atoms with Gasteiger partial charge in [0.05, 0.1) is 16.9 Å². The summed E-state index contributed by atoms with van der Waals surface area (Å²) in [6.07, 6.45) is 5.76. The summed E-state index contributed by atoms with van der Waals surface area (Å²) in [5.41, 5.74) is 8.40.